The Labute approximate surface area is 62.0 Å². The van der Waals surface area contributed by atoms with Gasteiger partial charge in [0.1, 0.15) is 20.4 Å². The van der Waals surface area contributed by atoms with Crippen LogP contribution in [0.2, 0.25) is 0 Å². The van der Waals surface area contributed by atoms with Gasteiger partial charge in [-0.1, -0.05) is 0 Å². The second-order valence-electron chi connectivity index (χ2n) is 0. The Hall–Kier alpha value is -0.0535. The summed E-state index contributed by atoms with van der Waals surface area (Å²) in [7, 11) is 0. The number of carbonyl (C=O) groups excluding carboxylic acids is 3. The molecule has 0 fully saturated rings. The van der Waals surface area contributed by atoms with Gasteiger partial charge in [0, 0.05) is 16.8 Å². The van der Waals surface area contributed by atoms with Gasteiger partial charge >= 0.3 is 0 Å². The van der Waals surface area contributed by atoms with Crippen LogP contribution >= 0.6 is 9.90 Å². The molecule has 0 aliphatic rings. The Bertz CT molecular complexity index is 19.2. The largest absolute Gasteiger partial charge is 0.307 e. The van der Waals surface area contributed by atoms with Crippen LogP contribution in [0.15, 0.2) is 0 Å². The van der Waals surface area contributed by atoms with Crippen molar-refractivity contribution in [2.45, 2.75) is 0 Å². The van der Waals surface area contributed by atoms with Crippen molar-refractivity contribution in [1.29, 1.82) is 0 Å². The topological polar surface area (TPSA) is 51.2 Å². The molecule has 8 heavy (non-hydrogen) atoms. The van der Waals surface area contributed by atoms with Crippen LogP contribution in [0.25, 0.3) is 0 Å². The quantitative estimate of drug-likeness (QED) is 0.475. The van der Waals surface area contributed by atoms with Crippen molar-refractivity contribution in [2.75, 3.05) is 0 Å². The molecule has 0 aromatic heterocycles. The van der Waals surface area contributed by atoms with Crippen LogP contribution in [0.1, 0.15) is 0 Å². The molecule has 5 heteroatoms. The van der Waals surface area contributed by atoms with E-state index in [1.807, 2.05) is 20.4 Å². The standard InChI is InChI=1S/3CH2O.Co.H3P/c3*1-2;;/h3*1H2;;1H3. The van der Waals surface area contributed by atoms with Crippen molar-refractivity contribution in [2.24, 2.45) is 0 Å². The van der Waals surface area contributed by atoms with Crippen molar-refractivity contribution in [3.63, 3.8) is 0 Å². The van der Waals surface area contributed by atoms with Crippen molar-refractivity contribution in [3.8, 4) is 0 Å². The van der Waals surface area contributed by atoms with Crippen LogP contribution < -0.4 is 0 Å². The first-order valence-corrected chi connectivity index (χ1v) is 0.866. The van der Waals surface area contributed by atoms with E-state index in [1.165, 1.54) is 0 Å². The second kappa shape index (κ2) is 85800. The van der Waals surface area contributed by atoms with Crippen LogP contribution in [0.3, 0.4) is 0 Å². The zero-order valence-corrected chi connectivity index (χ0v) is 6.84. The average molecular weight is 183 g/mol. The summed E-state index contributed by atoms with van der Waals surface area (Å²) in [5, 5.41) is 0. The van der Waals surface area contributed by atoms with Gasteiger partial charge in [0.25, 0.3) is 0 Å². The molecule has 0 saturated heterocycles. The first-order chi connectivity index (χ1) is 3.00. The van der Waals surface area contributed by atoms with Gasteiger partial charge in [0.05, 0.1) is 0 Å². The molecule has 0 aliphatic heterocycles. The smallest absolute Gasteiger partial charge is 0.106 e. The molecule has 0 N–H and O–H groups in total. The zero-order valence-electron chi connectivity index (χ0n) is 4.39. The minimum atomic E-state index is 0. The zero-order chi connectivity index (χ0) is 6.00. The molecule has 53 valence electrons. The molecular formula is C3H9CoO3P. The van der Waals surface area contributed by atoms with Crippen molar-refractivity contribution < 1.29 is 31.2 Å². The summed E-state index contributed by atoms with van der Waals surface area (Å²) >= 11 is 0. The van der Waals surface area contributed by atoms with Gasteiger partial charge in [-0.3, -0.25) is 0 Å². The molecule has 1 radical (unpaired) electrons. The maximum Gasteiger partial charge on any atom is 0.106 e. The van der Waals surface area contributed by atoms with E-state index in [2.05, 4.69) is 0 Å². The fraction of sp³-hybridized carbons (Fsp3) is 0. The van der Waals surface area contributed by atoms with Crippen molar-refractivity contribution >= 4 is 30.3 Å². The fourth-order valence-corrected chi connectivity index (χ4v) is 0. The van der Waals surface area contributed by atoms with E-state index in [0.717, 1.165) is 0 Å². The molecule has 0 amide bonds. The molecule has 1 unspecified atom stereocenters. The normalized spacial score (nSPS) is 1.50. The molecule has 0 heterocycles. The van der Waals surface area contributed by atoms with Gasteiger partial charge < -0.3 is 14.4 Å². The molecule has 3 nitrogen and oxygen atoms in total. The fourth-order valence-electron chi connectivity index (χ4n) is 0. The Morgan fingerprint density at radius 3 is 0.625 bits per heavy atom. The molecule has 0 aromatic carbocycles. The number of hydrogen-bond donors (Lipinski definition) is 0. The molecule has 0 saturated carbocycles. The summed E-state index contributed by atoms with van der Waals surface area (Å²) < 4.78 is 0. The third kappa shape index (κ3) is 50800. The summed E-state index contributed by atoms with van der Waals surface area (Å²) in [4.78, 5) is 24.0. The first kappa shape index (κ1) is 44.2. The maximum absolute atomic E-state index is 8.00. The molecule has 0 aliphatic carbocycles. The Morgan fingerprint density at radius 1 is 0.625 bits per heavy atom. The average Bonchev–Trinajstić information content (AvgIpc) is 1.81. The third-order valence-electron chi connectivity index (χ3n) is 0. The Balaban J connectivity index is -0.00000000500. The predicted molar refractivity (Wildman–Crippen MR) is 32.5 cm³/mol. The van der Waals surface area contributed by atoms with E-state index in [0.29, 0.717) is 0 Å². The van der Waals surface area contributed by atoms with Gasteiger partial charge in [-0.15, -0.1) is 0 Å². The Kier molecular flexibility index (Phi) is 474000. The van der Waals surface area contributed by atoms with Gasteiger partial charge in [-0.25, -0.2) is 0 Å². The predicted octanol–water partition coefficient (Wildman–Crippen LogP) is -0.499. The van der Waals surface area contributed by atoms with E-state index >= 15 is 0 Å². The van der Waals surface area contributed by atoms with Gasteiger partial charge in [-0.05, 0) is 0 Å². The van der Waals surface area contributed by atoms with Gasteiger partial charge in [0.2, 0.25) is 0 Å². The molecular weight excluding hydrogens is 174 g/mol. The van der Waals surface area contributed by atoms with E-state index in [1.54, 1.807) is 0 Å². The van der Waals surface area contributed by atoms with Crippen LogP contribution in [0.4, 0.5) is 0 Å². The van der Waals surface area contributed by atoms with Crippen molar-refractivity contribution in [3.05, 3.63) is 0 Å². The maximum atomic E-state index is 8.00. The second-order valence-corrected chi connectivity index (χ2v) is 0. The summed E-state index contributed by atoms with van der Waals surface area (Å²) in [5.74, 6) is 0. The number of hydrogen-bond acceptors (Lipinski definition) is 3. The molecule has 0 aromatic rings. The van der Waals surface area contributed by atoms with Gasteiger partial charge in [-0.2, -0.15) is 9.90 Å². The van der Waals surface area contributed by atoms with Gasteiger partial charge in [0.15, 0.2) is 0 Å². The SMILES string of the molecule is C=O.C=O.C=O.P.[Co]. The molecule has 0 rings (SSSR count). The summed E-state index contributed by atoms with van der Waals surface area (Å²) in [5.41, 5.74) is 0. The van der Waals surface area contributed by atoms with Crippen molar-refractivity contribution in [1.82, 2.24) is 0 Å². The first-order valence-electron chi connectivity index (χ1n) is 0.866. The van der Waals surface area contributed by atoms with E-state index in [-0.39, 0.29) is 26.7 Å². The summed E-state index contributed by atoms with van der Waals surface area (Å²) in [6, 6.07) is 0. The molecule has 0 bridgehead atoms. The summed E-state index contributed by atoms with van der Waals surface area (Å²) in [6.07, 6.45) is 0. The number of rotatable bonds is 0. The molecule has 0 spiro atoms. The minimum absolute atomic E-state index is 0. The Morgan fingerprint density at radius 2 is 0.625 bits per heavy atom. The number of carbonyl (C=O) groups is 3. The van der Waals surface area contributed by atoms with Crippen LogP contribution in [0, 0.1) is 0 Å². The summed E-state index contributed by atoms with van der Waals surface area (Å²) in [6.45, 7) is 6.00. The molecule has 1 atom stereocenters. The van der Waals surface area contributed by atoms with E-state index < -0.39 is 0 Å². The van der Waals surface area contributed by atoms with E-state index in [4.69, 9.17) is 14.4 Å². The third-order valence-corrected chi connectivity index (χ3v) is 0. The van der Waals surface area contributed by atoms with Crippen LogP contribution in [-0.2, 0) is 31.2 Å². The van der Waals surface area contributed by atoms with E-state index in [9.17, 15) is 0 Å². The van der Waals surface area contributed by atoms with Crippen LogP contribution in [0.5, 0.6) is 0 Å². The minimum Gasteiger partial charge on any atom is -0.307 e. The monoisotopic (exact) mass is 183 g/mol. The van der Waals surface area contributed by atoms with Crippen LogP contribution in [-0.4, -0.2) is 20.4 Å².